The van der Waals surface area contributed by atoms with Crippen molar-refractivity contribution in [2.45, 2.75) is 56.2 Å². The highest BCUT2D eigenvalue weighted by atomic mass is 35.5. The Morgan fingerprint density at radius 1 is 1.22 bits per heavy atom. The summed E-state index contributed by atoms with van der Waals surface area (Å²) in [5, 5.41) is 10.1. The van der Waals surface area contributed by atoms with E-state index in [0.717, 1.165) is 37.8 Å². The molecule has 0 radical (unpaired) electrons. The number of carbonyl (C=O) groups is 1. The van der Waals surface area contributed by atoms with Crippen LogP contribution in [0.1, 0.15) is 60.1 Å². The van der Waals surface area contributed by atoms with E-state index >= 15 is 0 Å². The Morgan fingerprint density at radius 2 is 1.97 bits per heavy atom. The van der Waals surface area contributed by atoms with Crippen molar-refractivity contribution in [1.29, 1.82) is 0 Å². The predicted molar refractivity (Wildman–Crippen MR) is 125 cm³/mol. The Bertz CT molecular complexity index is 1290. The average molecular weight is 538 g/mol. The predicted octanol–water partition coefficient (Wildman–Crippen LogP) is 5.53. The van der Waals surface area contributed by atoms with Gasteiger partial charge in [0.25, 0.3) is 0 Å². The second-order valence-corrected chi connectivity index (χ2v) is 9.98. The Balaban J connectivity index is 1.58. The summed E-state index contributed by atoms with van der Waals surface area (Å²) >= 11 is 6.04. The van der Waals surface area contributed by atoms with E-state index in [-0.39, 0.29) is 35.9 Å². The number of nitrogens with zero attached hydrogens (tertiary/aromatic N) is 3. The molecular formula is C25H24ClF4N5O2. The van der Waals surface area contributed by atoms with Crippen LogP contribution in [0.2, 0.25) is 5.02 Å². The lowest BCUT2D eigenvalue weighted by molar-refractivity contribution is -0.137. The second kappa shape index (κ2) is 9.59. The number of carbonyl (C=O) groups excluding carboxylic acids is 1. The molecule has 2 N–H and O–H groups in total. The molecule has 5 rings (SSSR count). The first-order chi connectivity index (χ1) is 17.6. The van der Waals surface area contributed by atoms with Crippen LogP contribution in [0, 0.1) is 18.7 Å². The van der Waals surface area contributed by atoms with E-state index in [1.807, 2.05) is 0 Å². The maximum Gasteiger partial charge on any atom is 0.416 e. The molecule has 0 bridgehead atoms. The van der Waals surface area contributed by atoms with E-state index in [0.29, 0.717) is 16.8 Å². The van der Waals surface area contributed by atoms with Crippen molar-refractivity contribution in [2.24, 2.45) is 5.92 Å². The highest BCUT2D eigenvalue weighted by Gasteiger charge is 2.70. The Hall–Kier alpha value is -3.21. The van der Waals surface area contributed by atoms with Crippen LogP contribution in [0.25, 0.3) is 0 Å². The highest BCUT2D eigenvalue weighted by Crippen LogP contribution is 2.68. The van der Waals surface area contributed by atoms with Crippen molar-refractivity contribution < 1.29 is 26.9 Å². The monoisotopic (exact) mass is 537 g/mol. The number of amides is 2. The van der Waals surface area contributed by atoms with Crippen LogP contribution in [-0.4, -0.2) is 33.7 Å². The lowest BCUT2D eigenvalue weighted by Crippen LogP contribution is -2.42. The van der Waals surface area contributed by atoms with Gasteiger partial charge in [-0.1, -0.05) is 29.6 Å². The molecule has 1 aromatic carbocycles. The summed E-state index contributed by atoms with van der Waals surface area (Å²) < 4.78 is 60.8. The van der Waals surface area contributed by atoms with Gasteiger partial charge < -0.3 is 15.2 Å². The van der Waals surface area contributed by atoms with Crippen LogP contribution in [0.15, 0.2) is 41.1 Å². The summed E-state index contributed by atoms with van der Waals surface area (Å²) in [5.41, 5.74) is -2.00. The summed E-state index contributed by atoms with van der Waals surface area (Å²) in [4.78, 5) is 21.4. The molecule has 0 aliphatic heterocycles. The third-order valence-corrected chi connectivity index (χ3v) is 7.44. The van der Waals surface area contributed by atoms with Crippen molar-refractivity contribution in [3.05, 3.63) is 75.9 Å². The number of urea groups is 1. The third kappa shape index (κ3) is 4.88. The molecule has 2 fully saturated rings. The van der Waals surface area contributed by atoms with Gasteiger partial charge in [0, 0.05) is 37.5 Å². The molecule has 3 atom stereocenters. The van der Waals surface area contributed by atoms with Crippen LogP contribution >= 0.6 is 11.6 Å². The minimum Gasteiger partial charge on any atom is -0.340 e. The molecule has 3 aromatic rings. The molecule has 196 valence electrons. The summed E-state index contributed by atoms with van der Waals surface area (Å²) in [6.45, 7) is 1.65. The van der Waals surface area contributed by atoms with E-state index in [1.165, 1.54) is 6.20 Å². The molecule has 0 spiro atoms. The number of aryl methyl sites for hydroxylation is 1. The normalized spacial score (nSPS) is 23.7. The minimum atomic E-state index is -4.77. The van der Waals surface area contributed by atoms with Crippen LogP contribution in [0.4, 0.5) is 22.4 Å². The summed E-state index contributed by atoms with van der Waals surface area (Å²) in [7, 11) is 0. The topological polar surface area (TPSA) is 92.9 Å². The number of hydrogen-bond acceptors (Lipinski definition) is 5. The molecule has 0 saturated heterocycles. The van der Waals surface area contributed by atoms with E-state index in [1.54, 1.807) is 19.1 Å². The van der Waals surface area contributed by atoms with Gasteiger partial charge in [-0.3, -0.25) is 4.98 Å². The summed E-state index contributed by atoms with van der Waals surface area (Å²) in [5.74, 6) is -1.74. The van der Waals surface area contributed by atoms with Gasteiger partial charge in [0.1, 0.15) is 5.82 Å². The first-order valence-electron chi connectivity index (χ1n) is 11.9. The number of hydrogen-bond donors (Lipinski definition) is 2. The standard InChI is InChI=1S/C25H24ClF4N5O2/c1-13-33-22(35-37-13)21-19(12-32-23(36)34-18-4-2-3-5-18)24(21,20-7-6-16(26)11-31-20)14-8-15(25(28,29)30)10-17(27)9-14/h6-11,18-19,21H,2-5,12H2,1H3,(H2,32,34,36)/t19?,21-,24?/m0/s1. The number of alkyl halides is 3. The zero-order chi connectivity index (χ0) is 26.4. The molecule has 37 heavy (non-hydrogen) atoms. The Morgan fingerprint density at radius 3 is 2.59 bits per heavy atom. The van der Waals surface area contributed by atoms with Crippen LogP contribution in [0.3, 0.4) is 0 Å². The molecule has 12 heteroatoms. The zero-order valence-electron chi connectivity index (χ0n) is 19.8. The van der Waals surface area contributed by atoms with Gasteiger partial charge in [0.05, 0.1) is 21.7 Å². The first kappa shape index (κ1) is 25.4. The molecular weight excluding hydrogens is 514 g/mol. The lowest BCUT2D eigenvalue weighted by Gasteiger charge is -2.21. The number of rotatable bonds is 6. The fourth-order valence-electron chi connectivity index (χ4n) is 5.58. The van der Waals surface area contributed by atoms with Gasteiger partial charge in [-0.2, -0.15) is 18.2 Å². The fourth-order valence-corrected chi connectivity index (χ4v) is 5.69. The second-order valence-electron chi connectivity index (χ2n) is 9.55. The fraction of sp³-hybridized carbons (Fsp3) is 0.440. The SMILES string of the molecule is Cc1nc([C@@H]2C(CNC(=O)NC3CCCC3)C2(c2cc(F)cc(C(F)(F)F)c2)c2ccc(Cl)cn2)no1. The van der Waals surface area contributed by atoms with Gasteiger partial charge >= 0.3 is 12.2 Å². The van der Waals surface area contributed by atoms with Gasteiger partial charge in [-0.05, 0) is 48.7 Å². The van der Waals surface area contributed by atoms with E-state index in [4.69, 9.17) is 16.1 Å². The van der Waals surface area contributed by atoms with Gasteiger partial charge in [-0.25, -0.2) is 9.18 Å². The van der Waals surface area contributed by atoms with Gasteiger partial charge in [0.15, 0.2) is 5.82 Å². The summed E-state index contributed by atoms with van der Waals surface area (Å²) in [6, 6.07) is 5.26. The van der Waals surface area contributed by atoms with Crippen LogP contribution in [0.5, 0.6) is 0 Å². The first-order valence-corrected chi connectivity index (χ1v) is 12.3. The zero-order valence-corrected chi connectivity index (χ0v) is 20.5. The van der Waals surface area contributed by atoms with Crippen molar-refractivity contribution in [3.8, 4) is 0 Å². The van der Waals surface area contributed by atoms with Crippen molar-refractivity contribution in [3.63, 3.8) is 0 Å². The van der Waals surface area contributed by atoms with E-state index in [2.05, 4.69) is 25.8 Å². The molecule has 2 saturated carbocycles. The number of nitrogens with one attached hydrogen (secondary N) is 2. The maximum atomic E-state index is 14.6. The van der Waals surface area contributed by atoms with Crippen LogP contribution < -0.4 is 10.6 Å². The van der Waals surface area contributed by atoms with Gasteiger partial charge in [0.2, 0.25) is 5.89 Å². The largest absolute Gasteiger partial charge is 0.416 e. The third-order valence-electron chi connectivity index (χ3n) is 7.22. The van der Waals surface area contributed by atoms with Crippen molar-refractivity contribution in [2.75, 3.05) is 6.54 Å². The molecule has 2 amide bonds. The highest BCUT2D eigenvalue weighted by molar-refractivity contribution is 6.30. The number of aromatic nitrogens is 3. The molecule has 2 aliphatic carbocycles. The average Bonchev–Trinajstić information content (AvgIpc) is 3.12. The van der Waals surface area contributed by atoms with Crippen molar-refractivity contribution in [1.82, 2.24) is 25.8 Å². The Kier molecular flexibility index (Phi) is 6.59. The smallest absolute Gasteiger partial charge is 0.340 e. The minimum absolute atomic E-state index is 0.0464. The Labute approximate surface area is 215 Å². The number of benzene rings is 1. The van der Waals surface area contributed by atoms with Gasteiger partial charge in [-0.15, -0.1) is 0 Å². The molecule has 7 nitrogen and oxygen atoms in total. The van der Waals surface area contributed by atoms with Crippen molar-refractivity contribution >= 4 is 17.6 Å². The molecule has 2 unspecified atom stereocenters. The maximum absolute atomic E-state index is 14.6. The number of pyridine rings is 1. The lowest BCUT2D eigenvalue weighted by atomic mass is 9.86. The van der Waals surface area contributed by atoms with Crippen LogP contribution in [-0.2, 0) is 11.6 Å². The molecule has 2 aromatic heterocycles. The van der Waals surface area contributed by atoms with E-state index in [9.17, 15) is 22.4 Å². The number of halogens is 5. The molecule has 2 aliphatic rings. The quantitative estimate of drug-likeness (QED) is 0.404. The molecule has 2 heterocycles. The van der Waals surface area contributed by atoms with E-state index < -0.39 is 34.8 Å². The summed E-state index contributed by atoms with van der Waals surface area (Å²) in [6.07, 6.45) is 0.469.